The fourth-order valence-corrected chi connectivity index (χ4v) is 8.17. The van der Waals surface area contributed by atoms with Gasteiger partial charge in [0.25, 0.3) is 0 Å². The molecule has 0 radical (unpaired) electrons. The zero-order valence-corrected chi connectivity index (χ0v) is 41.0. The Balaban J connectivity index is 2.23. The molecule has 7 unspecified atom stereocenters. The van der Waals surface area contributed by atoms with E-state index < -0.39 is 49.5 Å². The first-order valence-corrected chi connectivity index (χ1v) is 26.5. The smallest absolute Gasteiger partial charge is 0.220 e. The molecule has 0 aliphatic carbocycles. The summed E-state index contributed by atoms with van der Waals surface area (Å²) in [6.07, 6.45) is 53.1. The first-order valence-electron chi connectivity index (χ1n) is 26.5. The maximum absolute atomic E-state index is 12.9. The molecule has 1 heterocycles. The maximum Gasteiger partial charge on any atom is 0.220 e. The van der Waals surface area contributed by atoms with Crippen molar-refractivity contribution in [3.63, 3.8) is 0 Å². The Morgan fingerprint density at radius 1 is 0.547 bits per heavy atom. The SMILES string of the molecule is CC/C=C\C/C=C\C/C=C\C/C=C\CCC(=O)NC(COC1OC(CO)C(O)C(O)C1O)C(O)/C=C/CCCCCCCCCCCCCCCCCCCCCCCCCCCC. The normalized spacial score (nSPS) is 20.5. The lowest BCUT2D eigenvalue weighted by Crippen LogP contribution is -2.60. The summed E-state index contributed by atoms with van der Waals surface area (Å²) in [5, 5.41) is 54.2. The van der Waals surface area contributed by atoms with Crippen molar-refractivity contribution in [1.82, 2.24) is 5.32 Å². The zero-order chi connectivity index (χ0) is 46.6. The van der Waals surface area contributed by atoms with E-state index >= 15 is 0 Å². The highest BCUT2D eigenvalue weighted by atomic mass is 16.7. The molecule has 1 aliphatic rings. The zero-order valence-electron chi connectivity index (χ0n) is 41.0. The van der Waals surface area contributed by atoms with E-state index in [2.05, 4.69) is 55.6 Å². The number of carbonyl (C=O) groups is 1. The number of amides is 1. The third-order valence-corrected chi connectivity index (χ3v) is 12.4. The van der Waals surface area contributed by atoms with E-state index in [0.29, 0.717) is 6.42 Å². The number of carbonyl (C=O) groups excluding carboxylic acids is 1. The third-order valence-electron chi connectivity index (χ3n) is 12.4. The fourth-order valence-electron chi connectivity index (χ4n) is 8.17. The monoisotopic (exact) mass is 902 g/mol. The first-order chi connectivity index (χ1) is 31.3. The summed E-state index contributed by atoms with van der Waals surface area (Å²) in [5.74, 6) is -0.257. The molecule has 0 bridgehead atoms. The molecule has 1 fully saturated rings. The van der Waals surface area contributed by atoms with E-state index in [4.69, 9.17) is 9.47 Å². The topological polar surface area (TPSA) is 149 Å². The molecule has 0 spiro atoms. The van der Waals surface area contributed by atoms with Crippen LogP contribution in [-0.4, -0.2) is 87.5 Å². The Morgan fingerprint density at radius 2 is 0.969 bits per heavy atom. The van der Waals surface area contributed by atoms with E-state index in [1.54, 1.807) is 6.08 Å². The van der Waals surface area contributed by atoms with Crippen molar-refractivity contribution in [2.45, 2.75) is 269 Å². The standard InChI is InChI=1S/C55H99NO8/c1-3-5-7-9-11-13-15-17-18-19-20-21-22-23-24-25-26-27-28-29-30-31-33-34-36-38-40-42-44-49(58)48(47-63-55-54(62)53(61)52(60)50(46-57)64-55)56-51(59)45-43-41-39-37-35-32-16-14-12-10-8-6-4-2/h6,8,12,14,32,35,39,41-42,44,48-50,52-55,57-58,60-62H,3-5,7,9-11,13,15-31,33-34,36-38,40,43,45-47H2,1-2H3,(H,56,59)/b8-6-,14-12-,35-32-,41-39-,44-42+. The van der Waals surface area contributed by atoms with Crippen LogP contribution in [0.15, 0.2) is 60.8 Å². The third kappa shape index (κ3) is 34.2. The molecule has 0 saturated carbocycles. The number of unbranched alkanes of at least 4 members (excludes halogenated alkanes) is 26. The van der Waals surface area contributed by atoms with Crippen LogP contribution in [0, 0.1) is 0 Å². The van der Waals surface area contributed by atoms with E-state index in [0.717, 1.165) is 44.9 Å². The first kappa shape index (κ1) is 59.9. The number of rotatable bonds is 44. The van der Waals surface area contributed by atoms with Gasteiger partial charge in [-0.1, -0.05) is 235 Å². The minimum atomic E-state index is -1.58. The van der Waals surface area contributed by atoms with Crippen LogP contribution in [0.2, 0.25) is 0 Å². The molecule has 9 nitrogen and oxygen atoms in total. The molecule has 1 aliphatic heterocycles. The van der Waals surface area contributed by atoms with Crippen LogP contribution in [0.1, 0.15) is 226 Å². The van der Waals surface area contributed by atoms with Gasteiger partial charge in [-0.15, -0.1) is 0 Å². The average Bonchev–Trinajstić information content (AvgIpc) is 3.29. The van der Waals surface area contributed by atoms with Crippen molar-refractivity contribution < 1.29 is 39.8 Å². The number of ether oxygens (including phenoxy) is 2. The van der Waals surface area contributed by atoms with E-state index in [1.165, 1.54) is 154 Å². The highest BCUT2D eigenvalue weighted by molar-refractivity contribution is 5.76. The molecule has 6 N–H and O–H groups in total. The lowest BCUT2D eigenvalue weighted by molar-refractivity contribution is -0.302. The Hall–Kier alpha value is -2.11. The predicted octanol–water partition coefficient (Wildman–Crippen LogP) is 12.3. The number of aliphatic hydroxyl groups excluding tert-OH is 5. The summed E-state index contributed by atoms with van der Waals surface area (Å²) in [4.78, 5) is 12.9. The second kappa shape index (κ2) is 44.7. The van der Waals surface area contributed by atoms with Crippen LogP contribution in [0.3, 0.4) is 0 Å². The Morgan fingerprint density at radius 3 is 1.41 bits per heavy atom. The lowest BCUT2D eigenvalue weighted by Gasteiger charge is -2.40. The summed E-state index contributed by atoms with van der Waals surface area (Å²) in [7, 11) is 0. The van der Waals surface area contributed by atoms with Gasteiger partial charge in [-0.25, -0.2) is 0 Å². The Labute approximate surface area is 392 Å². The van der Waals surface area contributed by atoms with Crippen molar-refractivity contribution in [2.75, 3.05) is 13.2 Å². The number of hydrogen-bond acceptors (Lipinski definition) is 8. The molecule has 1 saturated heterocycles. The van der Waals surface area contributed by atoms with Crippen molar-refractivity contribution in [1.29, 1.82) is 0 Å². The maximum atomic E-state index is 12.9. The Bertz CT molecular complexity index is 1180. The van der Waals surface area contributed by atoms with Crippen LogP contribution in [0.4, 0.5) is 0 Å². The molecular weight excluding hydrogens is 803 g/mol. The van der Waals surface area contributed by atoms with E-state index in [1.807, 2.05) is 18.2 Å². The van der Waals surface area contributed by atoms with E-state index in [9.17, 15) is 30.3 Å². The molecule has 0 aromatic carbocycles. The summed E-state index contributed by atoms with van der Waals surface area (Å²) >= 11 is 0. The van der Waals surface area contributed by atoms with Gasteiger partial charge in [0.1, 0.15) is 24.4 Å². The van der Waals surface area contributed by atoms with Crippen LogP contribution < -0.4 is 5.32 Å². The average molecular weight is 902 g/mol. The number of allylic oxidation sites excluding steroid dienone is 9. The van der Waals surface area contributed by atoms with Gasteiger partial charge in [0.05, 0.1) is 25.4 Å². The summed E-state index contributed by atoms with van der Waals surface area (Å²) in [6.45, 7) is 3.62. The van der Waals surface area contributed by atoms with Gasteiger partial charge in [0.2, 0.25) is 5.91 Å². The Kier molecular flexibility index (Phi) is 41.9. The van der Waals surface area contributed by atoms with Gasteiger partial charge in [0.15, 0.2) is 6.29 Å². The van der Waals surface area contributed by atoms with Crippen LogP contribution in [0.25, 0.3) is 0 Å². The summed E-state index contributed by atoms with van der Waals surface area (Å²) in [5.41, 5.74) is 0. The van der Waals surface area contributed by atoms with E-state index in [-0.39, 0.29) is 18.9 Å². The molecular formula is C55H99NO8. The largest absolute Gasteiger partial charge is 0.394 e. The molecule has 9 heteroatoms. The fraction of sp³-hybridized carbons (Fsp3) is 0.800. The lowest BCUT2D eigenvalue weighted by atomic mass is 9.99. The number of nitrogens with one attached hydrogen (secondary N) is 1. The molecule has 372 valence electrons. The number of aliphatic hydroxyl groups is 5. The minimum Gasteiger partial charge on any atom is -0.394 e. The second-order valence-corrected chi connectivity index (χ2v) is 18.3. The van der Waals surface area contributed by atoms with Gasteiger partial charge >= 0.3 is 0 Å². The number of hydrogen-bond donors (Lipinski definition) is 6. The molecule has 7 atom stereocenters. The van der Waals surface area contributed by atoms with Gasteiger partial charge in [-0.05, 0) is 44.9 Å². The molecule has 0 aromatic rings. The van der Waals surface area contributed by atoms with Crippen molar-refractivity contribution in [2.24, 2.45) is 0 Å². The van der Waals surface area contributed by atoms with Crippen LogP contribution >= 0.6 is 0 Å². The second-order valence-electron chi connectivity index (χ2n) is 18.3. The highest BCUT2D eigenvalue weighted by Gasteiger charge is 2.44. The van der Waals surface area contributed by atoms with Gasteiger partial charge in [-0.3, -0.25) is 4.79 Å². The minimum absolute atomic E-state index is 0.219. The van der Waals surface area contributed by atoms with Crippen LogP contribution in [0.5, 0.6) is 0 Å². The van der Waals surface area contributed by atoms with Crippen molar-refractivity contribution in [3.05, 3.63) is 60.8 Å². The highest BCUT2D eigenvalue weighted by Crippen LogP contribution is 2.23. The predicted molar refractivity (Wildman–Crippen MR) is 267 cm³/mol. The van der Waals surface area contributed by atoms with Gasteiger partial charge in [0, 0.05) is 6.42 Å². The molecule has 1 rings (SSSR count). The summed E-state index contributed by atoms with van der Waals surface area (Å²) < 4.78 is 11.2. The molecule has 64 heavy (non-hydrogen) atoms. The molecule has 0 aromatic heterocycles. The van der Waals surface area contributed by atoms with Crippen molar-refractivity contribution in [3.8, 4) is 0 Å². The van der Waals surface area contributed by atoms with Gasteiger partial charge in [-0.2, -0.15) is 0 Å². The summed E-state index contributed by atoms with van der Waals surface area (Å²) in [6, 6.07) is -0.845. The van der Waals surface area contributed by atoms with Crippen LogP contribution in [-0.2, 0) is 14.3 Å². The van der Waals surface area contributed by atoms with Gasteiger partial charge < -0.3 is 40.3 Å². The molecule has 1 amide bonds. The quantitative estimate of drug-likeness (QED) is 0.0262. The van der Waals surface area contributed by atoms with Crippen molar-refractivity contribution >= 4 is 5.91 Å².